The molecular formula is C12H19NO. The van der Waals surface area contributed by atoms with Crippen molar-refractivity contribution in [1.82, 2.24) is 0 Å². The van der Waals surface area contributed by atoms with Gasteiger partial charge in [0.1, 0.15) is 0 Å². The molecule has 0 heterocycles. The Kier molecular flexibility index (Phi) is 4.11. The standard InChI is InChI=1S/C12H19NO/c1-9(2)7-10-3-5-11(6-4-10)12(14)8-13/h3-6,9,12,14H,7-8,13H2,1-2H3/t12-/m0/s1. The third-order valence-electron chi connectivity index (χ3n) is 2.23. The summed E-state index contributed by atoms with van der Waals surface area (Å²) in [6.07, 6.45) is 0.557. The van der Waals surface area contributed by atoms with Gasteiger partial charge in [0.25, 0.3) is 0 Å². The van der Waals surface area contributed by atoms with E-state index in [2.05, 4.69) is 26.0 Å². The molecule has 1 aromatic rings. The second-order valence-electron chi connectivity index (χ2n) is 4.09. The van der Waals surface area contributed by atoms with E-state index in [0.29, 0.717) is 5.92 Å². The van der Waals surface area contributed by atoms with Crippen LogP contribution in [0.2, 0.25) is 0 Å². The quantitative estimate of drug-likeness (QED) is 0.767. The van der Waals surface area contributed by atoms with Crippen LogP contribution < -0.4 is 5.73 Å². The van der Waals surface area contributed by atoms with Crippen molar-refractivity contribution in [3.8, 4) is 0 Å². The highest BCUT2D eigenvalue weighted by Gasteiger charge is 2.04. The van der Waals surface area contributed by atoms with Gasteiger partial charge in [-0.2, -0.15) is 0 Å². The SMILES string of the molecule is CC(C)Cc1ccc([C@@H](O)CN)cc1. The summed E-state index contributed by atoms with van der Waals surface area (Å²) in [5, 5.41) is 9.48. The average Bonchev–Trinajstić information content (AvgIpc) is 2.17. The molecule has 0 aliphatic rings. The Hall–Kier alpha value is -0.860. The fourth-order valence-corrected chi connectivity index (χ4v) is 1.48. The highest BCUT2D eigenvalue weighted by atomic mass is 16.3. The molecule has 0 saturated carbocycles. The maximum absolute atomic E-state index is 9.48. The second kappa shape index (κ2) is 5.13. The molecule has 14 heavy (non-hydrogen) atoms. The van der Waals surface area contributed by atoms with Crippen LogP contribution in [0.3, 0.4) is 0 Å². The van der Waals surface area contributed by atoms with E-state index in [1.165, 1.54) is 5.56 Å². The predicted molar refractivity (Wildman–Crippen MR) is 59.0 cm³/mol. The Morgan fingerprint density at radius 1 is 1.21 bits per heavy atom. The lowest BCUT2D eigenvalue weighted by atomic mass is 10.0. The summed E-state index contributed by atoms with van der Waals surface area (Å²) in [5.74, 6) is 0.667. The summed E-state index contributed by atoms with van der Waals surface area (Å²) in [6.45, 7) is 4.68. The van der Waals surface area contributed by atoms with Crippen molar-refractivity contribution in [2.24, 2.45) is 11.7 Å². The molecule has 1 aromatic carbocycles. The molecule has 78 valence electrons. The minimum absolute atomic E-state index is 0.281. The Balaban J connectivity index is 2.68. The first kappa shape index (κ1) is 11.2. The van der Waals surface area contributed by atoms with E-state index in [1.807, 2.05) is 12.1 Å². The van der Waals surface area contributed by atoms with Gasteiger partial charge in [-0.25, -0.2) is 0 Å². The van der Waals surface area contributed by atoms with E-state index in [1.54, 1.807) is 0 Å². The van der Waals surface area contributed by atoms with Crippen LogP contribution in [-0.4, -0.2) is 11.7 Å². The number of aliphatic hydroxyl groups excluding tert-OH is 1. The summed E-state index contributed by atoms with van der Waals surface area (Å²) >= 11 is 0. The van der Waals surface area contributed by atoms with Gasteiger partial charge in [0, 0.05) is 6.54 Å². The minimum atomic E-state index is -0.525. The summed E-state index contributed by atoms with van der Waals surface area (Å²) in [6, 6.07) is 8.03. The predicted octanol–water partition coefficient (Wildman–Crippen LogP) is 1.88. The molecule has 0 saturated heterocycles. The first-order valence-corrected chi connectivity index (χ1v) is 5.10. The van der Waals surface area contributed by atoms with Gasteiger partial charge in [0.2, 0.25) is 0 Å². The maximum atomic E-state index is 9.48. The van der Waals surface area contributed by atoms with Gasteiger partial charge < -0.3 is 10.8 Å². The average molecular weight is 193 g/mol. The molecule has 2 nitrogen and oxygen atoms in total. The van der Waals surface area contributed by atoms with Gasteiger partial charge >= 0.3 is 0 Å². The fourth-order valence-electron chi connectivity index (χ4n) is 1.48. The van der Waals surface area contributed by atoms with Crippen molar-refractivity contribution >= 4 is 0 Å². The largest absolute Gasteiger partial charge is 0.387 e. The van der Waals surface area contributed by atoms with E-state index in [0.717, 1.165) is 12.0 Å². The zero-order chi connectivity index (χ0) is 10.6. The van der Waals surface area contributed by atoms with Crippen LogP contribution in [0.1, 0.15) is 31.1 Å². The molecule has 0 amide bonds. The molecule has 0 unspecified atom stereocenters. The highest BCUT2D eigenvalue weighted by molar-refractivity contribution is 5.24. The molecule has 0 fully saturated rings. The van der Waals surface area contributed by atoms with E-state index in [-0.39, 0.29) is 6.54 Å². The maximum Gasteiger partial charge on any atom is 0.0912 e. The van der Waals surface area contributed by atoms with Crippen molar-refractivity contribution in [2.75, 3.05) is 6.54 Å². The second-order valence-corrected chi connectivity index (χ2v) is 4.09. The van der Waals surface area contributed by atoms with E-state index >= 15 is 0 Å². The van der Waals surface area contributed by atoms with Crippen molar-refractivity contribution in [3.05, 3.63) is 35.4 Å². The lowest BCUT2D eigenvalue weighted by Crippen LogP contribution is -2.11. The summed E-state index contributed by atoms with van der Waals surface area (Å²) < 4.78 is 0. The number of hydrogen-bond donors (Lipinski definition) is 2. The molecule has 1 rings (SSSR count). The number of hydrogen-bond acceptors (Lipinski definition) is 2. The van der Waals surface area contributed by atoms with Crippen LogP contribution in [0.25, 0.3) is 0 Å². The van der Waals surface area contributed by atoms with Crippen molar-refractivity contribution in [2.45, 2.75) is 26.4 Å². The summed E-state index contributed by atoms with van der Waals surface area (Å²) in [5.41, 5.74) is 7.59. The van der Waals surface area contributed by atoms with Gasteiger partial charge in [0.15, 0.2) is 0 Å². The first-order chi connectivity index (χ1) is 6.63. The zero-order valence-corrected chi connectivity index (χ0v) is 8.90. The smallest absolute Gasteiger partial charge is 0.0912 e. The topological polar surface area (TPSA) is 46.2 Å². The number of rotatable bonds is 4. The summed E-state index contributed by atoms with van der Waals surface area (Å²) in [7, 11) is 0. The van der Waals surface area contributed by atoms with Crippen molar-refractivity contribution in [3.63, 3.8) is 0 Å². The molecule has 0 bridgehead atoms. The molecule has 0 radical (unpaired) electrons. The Morgan fingerprint density at radius 3 is 2.21 bits per heavy atom. The van der Waals surface area contributed by atoms with Crippen LogP contribution in [-0.2, 0) is 6.42 Å². The molecule has 0 aromatic heterocycles. The lowest BCUT2D eigenvalue weighted by Gasteiger charge is -2.09. The van der Waals surface area contributed by atoms with E-state index < -0.39 is 6.10 Å². The van der Waals surface area contributed by atoms with Gasteiger partial charge in [-0.15, -0.1) is 0 Å². The van der Waals surface area contributed by atoms with Crippen LogP contribution in [0.5, 0.6) is 0 Å². The molecule has 0 aliphatic carbocycles. The van der Waals surface area contributed by atoms with E-state index in [4.69, 9.17) is 5.73 Å². The molecule has 1 atom stereocenters. The minimum Gasteiger partial charge on any atom is -0.387 e. The first-order valence-electron chi connectivity index (χ1n) is 5.10. The fraction of sp³-hybridized carbons (Fsp3) is 0.500. The van der Waals surface area contributed by atoms with Crippen LogP contribution in [0, 0.1) is 5.92 Å². The lowest BCUT2D eigenvalue weighted by molar-refractivity contribution is 0.186. The molecule has 0 aliphatic heterocycles. The van der Waals surface area contributed by atoms with Gasteiger partial charge in [-0.05, 0) is 23.5 Å². The van der Waals surface area contributed by atoms with Crippen molar-refractivity contribution in [1.29, 1.82) is 0 Å². The van der Waals surface area contributed by atoms with Crippen LogP contribution in [0.4, 0.5) is 0 Å². The zero-order valence-electron chi connectivity index (χ0n) is 8.90. The highest BCUT2D eigenvalue weighted by Crippen LogP contribution is 2.14. The summed E-state index contributed by atoms with van der Waals surface area (Å²) in [4.78, 5) is 0. The van der Waals surface area contributed by atoms with Gasteiger partial charge in [-0.1, -0.05) is 38.1 Å². The Bertz CT molecular complexity index is 266. The molecule has 0 spiro atoms. The van der Waals surface area contributed by atoms with Crippen molar-refractivity contribution < 1.29 is 5.11 Å². The number of aliphatic hydroxyl groups is 1. The van der Waals surface area contributed by atoms with Crippen LogP contribution in [0.15, 0.2) is 24.3 Å². The molecular weight excluding hydrogens is 174 g/mol. The normalized spacial score (nSPS) is 13.2. The monoisotopic (exact) mass is 193 g/mol. The van der Waals surface area contributed by atoms with Gasteiger partial charge in [0.05, 0.1) is 6.10 Å². The number of nitrogens with two attached hydrogens (primary N) is 1. The Labute approximate surface area is 85.8 Å². The Morgan fingerprint density at radius 2 is 1.79 bits per heavy atom. The van der Waals surface area contributed by atoms with E-state index in [9.17, 15) is 5.11 Å². The number of benzene rings is 1. The third-order valence-corrected chi connectivity index (χ3v) is 2.23. The van der Waals surface area contributed by atoms with Crippen LogP contribution >= 0.6 is 0 Å². The molecule has 3 N–H and O–H groups in total. The third kappa shape index (κ3) is 3.13. The van der Waals surface area contributed by atoms with Gasteiger partial charge in [-0.3, -0.25) is 0 Å². The molecule has 2 heteroatoms.